The number of rotatable bonds is 5. The number of hydrogen-bond acceptors (Lipinski definition) is 1. The van der Waals surface area contributed by atoms with Crippen LogP contribution in [0.3, 0.4) is 0 Å². The number of nitrogens with one attached hydrogen (secondary N) is 1. The molecule has 1 N–H and O–H groups in total. The van der Waals surface area contributed by atoms with Crippen molar-refractivity contribution < 1.29 is 0 Å². The van der Waals surface area contributed by atoms with Crippen molar-refractivity contribution in [3.8, 4) is 0 Å². The van der Waals surface area contributed by atoms with E-state index in [2.05, 4.69) is 33.0 Å². The Morgan fingerprint density at radius 3 is 2.50 bits per heavy atom. The van der Waals surface area contributed by atoms with Crippen molar-refractivity contribution in [3.63, 3.8) is 0 Å². The predicted molar refractivity (Wildman–Crippen MR) is 63.5 cm³/mol. The van der Waals surface area contributed by atoms with Gasteiger partial charge in [0.05, 0.1) is 0 Å². The smallest absolute Gasteiger partial charge is 0.00977 e. The van der Waals surface area contributed by atoms with Crippen LogP contribution in [0.25, 0.3) is 0 Å². The van der Waals surface area contributed by atoms with E-state index in [1.807, 2.05) is 0 Å². The van der Waals surface area contributed by atoms with Crippen LogP contribution < -0.4 is 5.32 Å². The maximum atomic E-state index is 3.72. The first kappa shape index (κ1) is 12.0. The van der Waals surface area contributed by atoms with E-state index in [1.165, 1.54) is 38.6 Å². The zero-order chi connectivity index (χ0) is 10.6. The molecule has 2 atom stereocenters. The molecular weight excluding hydrogens is 170 g/mol. The molecule has 0 saturated heterocycles. The topological polar surface area (TPSA) is 12.0 Å². The van der Waals surface area contributed by atoms with Crippen molar-refractivity contribution in [2.75, 3.05) is 6.54 Å². The van der Waals surface area contributed by atoms with Gasteiger partial charge in [0.1, 0.15) is 0 Å². The molecule has 1 fully saturated rings. The third-order valence-electron chi connectivity index (χ3n) is 3.92. The molecule has 14 heavy (non-hydrogen) atoms. The Morgan fingerprint density at radius 1 is 1.36 bits per heavy atom. The first-order valence-corrected chi connectivity index (χ1v) is 6.35. The zero-order valence-electron chi connectivity index (χ0n) is 10.4. The lowest BCUT2D eigenvalue weighted by atomic mass is 9.76. The Bertz CT molecular complexity index is 163. The summed E-state index contributed by atoms with van der Waals surface area (Å²) in [5, 5.41) is 3.72. The molecular formula is C13H27N. The van der Waals surface area contributed by atoms with Gasteiger partial charge in [0, 0.05) is 6.04 Å². The normalized spacial score (nSPS) is 27.9. The van der Waals surface area contributed by atoms with E-state index in [9.17, 15) is 0 Å². The highest BCUT2D eigenvalue weighted by Gasteiger charge is 2.38. The average molecular weight is 197 g/mol. The highest BCUT2D eigenvalue weighted by molar-refractivity contribution is 4.91. The van der Waals surface area contributed by atoms with Crippen LogP contribution >= 0.6 is 0 Å². The largest absolute Gasteiger partial charge is 0.314 e. The van der Waals surface area contributed by atoms with Gasteiger partial charge in [-0.25, -0.2) is 0 Å². The number of hydrogen-bond donors (Lipinski definition) is 1. The highest BCUT2D eigenvalue weighted by Crippen LogP contribution is 2.44. The first-order chi connectivity index (χ1) is 6.61. The molecule has 0 amide bonds. The fraction of sp³-hybridized carbons (Fsp3) is 1.00. The van der Waals surface area contributed by atoms with Crippen LogP contribution in [0, 0.1) is 11.3 Å². The van der Waals surface area contributed by atoms with Crippen LogP contribution in [0.1, 0.15) is 59.8 Å². The third kappa shape index (κ3) is 2.73. The molecule has 1 aliphatic rings. The van der Waals surface area contributed by atoms with Gasteiger partial charge in [-0.15, -0.1) is 0 Å². The fourth-order valence-corrected chi connectivity index (χ4v) is 3.00. The summed E-state index contributed by atoms with van der Waals surface area (Å²) in [7, 11) is 0. The van der Waals surface area contributed by atoms with Crippen molar-refractivity contribution in [3.05, 3.63) is 0 Å². The first-order valence-electron chi connectivity index (χ1n) is 6.35. The lowest BCUT2D eigenvalue weighted by Gasteiger charge is -2.34. The monoisotopic (exact) mass is 197 g/mol. The molecule has 0 aromatic rings. The second-order valence-electron chi connectivity index (χ2n) is 5.46. The van der Waals surface area contributed by atoms with Crippen LogP contribution in [0.2, 0.25) is 0 Å². The standard InChI is InChI=1S/C13H27N/c1-5-10-14-12(6-2)11-8-7-9-13(11,3)4/h11-12,14H,5-10H2,1-4H3. The zero-order valence-corrected chi connectivity index (χ0v) is 10.4. The van der Waals surface area contributed by atoms with Gasteiger partial charge in [0.2, 0.25) is 0 Å². The van der Waals surface area contributed by atoms with Crippen molar-refractivity contribution in [1.29, 1.82) is 0 Å². The second-order valence-corrected chi connectivity index (χ2v) is 5.46. The minimum Gasteiger partial charge on any atom is -0.314 e. The third-order valence-corrected chi connectivity index (χ3v) is 3.92. The van der Waals surface area contributed by atoms with Crippen LogP contribution in [0.4, 0.5) is 0 Å². The summed E-state index contributed by atoms with van der Waals surface area (Å²) in [6, 6.07) is 0.757. The Hall–Kier alpha value is -0.0400. The van der Waals surface area contributed by atoms with E-state index < -0.39 is 0 Å². The molecule has 0 spiro atoms. The molecule has 0 bridgehead atoms. The van der Waals surface area contributed by atoms with Gasteiger partial charge in [-0.05, 0) is 43.6 Å². The van der Waals surface area contributed by atoms with Gasteiger partial charge in [0.15, 0.2) is 0 Å². The van der Waals surface area contributed by atoms with E-state index in [4.69, 9.17) is 0 Å². The summed E-state index contributed by atoms with van der Waals surface area (Å²) in [4.78, 5) is 0. The maximum Gasteiger partial charge on any atom is 0.00977 e. The molecule has 0 aliphatic heterocycles. The van der Waals surface area contributed by atoms with Crippen molar-refractivity contribution >= 4 is 0 Å². The van der Waals surface area contributed by atoms with Gasteiger partial charge < -0.3 is 5.32 Å². The van der Waals surface area contributed by atoms with Crippen molar-refractivity contribution in [2.24, 2.45) is 11.3 Å². The van der Waals surface area contributed by atoms with E-state index in [-0.39, 0.29) is 0 Å². The summed E-state index contributed by atoms with van der Waals surface area (Å²) in [6.07, 6.45) is 6.82. The Labute approximate surface area is 89.7 Å². The lowest BCUT2D eigenvalue weighted by Crippen LogP contribution is -2.40. The Kier molecular flexibility index (Phi) is 4.43. The summed E-state index contributed by atoms with van der Waals surface area (Å²) in [5.74, 6) is 0.902. The lowest BCUT2D eigenvalue weighted by molar-refractivity contribution is 0.193. The van der Waals surface area contributed by atoms with Gasteiger partial charge in [-0.2, -0.15) is 0 Å². The minimum absolute atomic E-state index is 0.571. The van der Waals surface area contributed by atoms with E-state index >= 15 is 0 Å². The SMILES string of the molecule is CCCNC(CC)C1CCCC1(C)C. The molecule has 1 saturated carbocycles. The van der Waals surface area contributed by atoms with Crippen LogP contribution in [-0.4, -0.2) is 12.6 Å². The minimum atomic E-state index is 0.571. The quantitative estimate of drug-likeness (QED) is 0.710. The molecule has 0 heterocycles. The molecule has 1 aliphatic carbocycles. The highest BCUT2D eigenvalue weighted by atomic mass is 14.9. The molecule has 1 rings (SSSR count). The molecule has 84 valence electrons. The van der Waals surface area contributed by atoms with Crippen LogP contribution in [-0.2, 0) is 0 Å². The van der Waals surface area contributed by atoms with Gasteiger partial charge in [-0.1, -0.05) is 34.1 Å². The summed E-state index contributed by atoms with van der Waals surface area (Å²) >= 11 is 0. The summed E-state index contributed by atoms with van der Waals surface area (Å²) in [5.41, 5.74) is 0.571. The molecule has 0 aromatic carbocycles. The Balaban J connectivity index is 2.50. The van der Waals surface area contributed by atoms with Crippen molar-refractivity contribution in [2.45, 2.75) is 65.8 Å². The molecule has 0 radical (unpaired) electrons. The molecule has 1 nitrogen and oxygen atoms in total. The van der Waals surface area contributed by atoms with E-state index in [0.717, 1.165) is 12.0 Å². The van der Waals surface area contributed by atoms with E-state index in [0.29, 0.717) is 5.41 Å². The maximum absolute atomic E-state index is 3.72. The van der Waals surface area contributed by atoms with E-state index in [1.54, 1.807) is 0 Å². The molecule has 1 heteroatoms. The predicted octanol–water partition coefficient (Wildman–Crippen LogP) is 3.59. The summed E-state index contributed by atoms with van der Waals surface area (Å²) in [6.45, 7) is 10.6. The van der Waals surface area contributed by atoms with Crippen molar-refractivity contribution in [1.82, 2.24) is 5.32 Å². The van der Waals surface area contributed by atoms with Gasteiger partial charge in [0.25, 0.3) is 0 Å². The summed E-state index contributed by atoms with van der Waals surface area (Å²) < 4.78 is 0. The Morgan fingerprint density at radius 2 is 2.07 bits per heavy atom. The van der Waals surface area contributed by atoms with Gasteiger partial charge >= 0.3 is 0 Å². The molecule has 2 unspecified atom stereocenters. The fourth-order valence-electron chi connectivity index (χ4n) is 3.00. The van der Waals surface area contributed by atoms with Gasteiger partial charge in [-0.3, -0.25) is 0 Å². The molecule has 0 aromatic heterocycles. The average Bonchev–Trinajstić information content (AvgIpc) is 2.48. The van der Waals surface area contributed by atoms with Crippen LogP contribution in [0.15, 0.2) is 0 Å². The second kappa shape index (κ2) is 5.16. The van der Waals surface area contributed by atoms with Crippen LogP contribution in [0.5, 0.6) is 0 Å².